The quantitative estimate of drug-likeness (QED) is 0.369. The minimum atomic E-state index is -0.447. The molecule has 1 aromatic heterocycles. The molecular weight excluding hydrogens is 256 g/mol. The lowest BCUT2D eigenvalue weighted by atomic mass is 10.1. The highest BCUT2D eigenvalue weighted by Crippen LogP contribution is 2.26. The van der Waals surface area contributed by atoms with Gasteiger partial charge in [0, 0.05) is 41.3 Å². The Morgan fingerprint density at radius 3 is 2.65 bits per heavy atom. The van der Waals surface area contributed by atoms with Crippen LogP contribution in [0.25, 0.3) is 10.9 Å². The van der Waals surface area contributed by atoms with E-state index < -0.39 is 4.92 Å². The molecule has 0 fully saturated rings. The summed E-state index contributed by atoms with van der Waals surface area (Å²) in [5.41, 5.74) is 2.24. The molecule has 0 radical (unpaired) electrons. The van der Waals surface area contributed by atoms with Crippen molar-refractivity contribution in [3.05, 3.63) is 51.7 Å². The molecule has 0 atom stereocenters. The van der Waals surface area contributed by atoms with Gasteiger partial charge in [-0.15, -0.1) is 0 Å². The Balaban J connectivity index is 2.70. The fourth-order valence-corrected chi connectivity index (χ4v) is 2.20. The van der Waals surface area contributed by atoms with Gasteiger partial charge in [-0.25, -0.2) is 0 Å². The van der Waals surface area contributed by atoms with Gasteiger partial charge in [-0.3, -0.25) is 14.9 Å². The smallest absolute Gasteiger partial charge is 0.270 e. The molecule has 2 rings (SSSR count). The van der Waals surface area contributed by atoms with Crippen LogP contribution >= 0.6 is 0 Å². The van der Waals surface area contributed by atoms with Crippen molar-refractivity contribution < 1.29 is 9.72 Å². The molecule has 0 saturated carbocycles. The summed E-state index contributed by atoms with van der Waals surface area (Å²) < 4.78 is 1.92. The molecule has 1 aromatic carbocycles. The van der Waals surface area contributed by atoms with Crippen LogP contribution in [0.1, 0.15) is 31.1 Å². The van der Waals surface area contributed by atoms with Crippen LogP contribution in [-0.2, 0) is 6.54 Å². The number of ketones is 1. The highest BCUT2D eigenvalue weighted by Gasteiger charge is 2.16. The number of non-ortho nitro benzene ring substituents is 1. The van der Waals surface area contributed by atoms with Crippen LogP contribution in [0.15, 0.2) is 36.0 Å². The Bertz CT molecular complexity index is 722. The number of hydrogen-bond donors (Lipinski definition) is 0. The zero-order valence-corrected chi connectivity index (χ0v) is 11.7. The van der Waals surface area contributed by atoms with Crippen molar-refractivity contribution in [3.8, 4) is 0 Å². The molecule has 5 nitrogen and oxygen atoms in total. The molecular formula is C15H16N2O3. The van der Waals surface area contributed by atoms with E-state index in [4.69, 9.17) is 0 Å². The van der Waals surface area contributed by atoms with E-state index in [1.165, 1.54) is 12.1 Å². The SMILES string of the molecule is CCn1cc(C(=O)C=C(C)C)c2cc([N+](=O)[O-])ccc21. The molecule has 1 heterocycles. The second-order valence-electron chi connectivity index (χ2n) is 4.87. The molecule has 0 unspecified atom stereocenters. The number of rotatable bonds is 4. The third-order valence-electron chi connectivity index (χ3n) is 3.10. The van der Waals surface area contributed by atoms with Gasteiger partial charge in [0.05, 0.1) is 4.92 Å². The Morgan fingerprint density at radius 1 is 1.40 bits per heavy atom. The number of carbonyl (C=O) groups excluding carboxylic acids is 1. The second-order valence-corrected chi connectivity index (χ2v) is 4.87. The molecule has 0 aliphatic heterocycles. The zero-order chi connectivity index (χ0) is 14.9. The van der Waals surface area contributed by atoms with Crippen molar-refractivity contribution in [1.82, 2.24) is 4.57 Å². The molecule has 0 amide bonds. The average Bonchev–Trinajstić information content (AvgIpc) is 2.75. The largest absolute Gasteiger partial charge is 0.347 e. The summed E-state index contributed by atoms with van der Waals surface area (Å²) in [6.45, 7) is 6.37. The standard InChI is InChI=1S/C15H16N2O3/c1-4-16-9-13(15(18)7-10(2)3)12-8-11(17(19)20)5-6-14(12)16/h5-9H,4H2,1-3H3. The minimum absolute atomic E-state index is 0.00222. The number of fused-ring (bicyclic) bond motifs is 1. The number of nitrogens with zero attached hydrogens (tertiary/aromatic N) is 2. The van der Waals surface area contributed by atoms with Crippen LogP contribution in [-0.4, -0.2) is 15.3 Å². The van der Waals surface area contributed by atoms with Gasteiger partial charge < -0.3 is 4.57 Å². The maximum atomic E-state index is 12.2. The predicted molar refractivity (Wildman–Crippen MR) is 78.0 cm³/mol. The first kappa shape index (κ1) is 14.0. The van der Waals surface area contributed by atoms with Crippen molar-refractivity contribution in [2.24, 2.45) is 0 Å². The number of aromatic nitrogens is 1. The topological polar surface area (TPSA) is 65.1 Å². The van der Waals surface area contributed by atoms with E-state index in [-0.39, 0.29) is 11.5 Å². The number of nitro benzene ring substituents is 1. The van der Waals surface area contributed by atoms with Crippen LogP contribution in [0.4, 0.5) is 5.69 Å². The average molecular weight is 272 g/mol. The molecule has 20 heavy (non-hydrogen) atoms. The molecule has 5 heteroatoms. The van der Waals surface area contributed by atoms with Crippen molar-refractivity contribution in [2.75, 3.05) is 0 Å². The first-order valence-electron chi connectivity index (χ1n) is 6.40. The first-order chi connectivity index (χ1) is 9.43. The molecule has 2 aromatic rings. The van der Waals surface area contributed by atoms with Crippen LogP contribution in [0.5, 0.6) is 0 Å². The van der Waals surface area contributed by atoms with E-state index in [2.05, 4.69) is 0 Å². The number of allylic oxidation sites excluding steroid dienone is 2. The maximum Gasteiger partial charge on any atom is 0.270 e. The fraction of sp³-hybridized carbons (Fsp3) is 0.267. The number of carbonyl (C=O) groups is 1. The summed E-state index contributed by atoms with van der Waals surface area (Å²) in [6.07, 6.45) is 3.31. The van der Waals surface area contributed by atoms with E-state index in [9.17, 15) is 14.9 Å². The number of nitro groups is 1. The Morgan fingerprint density at radius 2 is 2.10 bits per heavy atom. The second kappa shape index (κ2) is 5.28. The normalized spacial score (nSPS) is 10.6. The van der Waals surface area contributed by atoms with E-state index in [1.807, 2.05) is 25.3 Å². The number of hydrogen-bond acceptors (Lipinski definition) is 3. The molecule has 0 N–H and O–H groups in total. The van der Waals surface area contributed by atoms with Gasteiger partial charge in [-0.05, 0) is 32.9 Å². The van der Waals surface area contributed by atoms with Crippen molar-refractivity contribution >= 4 is 22.4 Å². The van der Waals surface area contributed by atoms with Crippen molar-refractivity contribution in [1.29, 1.82) is 0 Å². The van der Waals surface area contributed by atoms with Gasteiger partial charge in [0.1, 0.15) is 0 Å². The Labute approximate surface area is 116 Å². The Kier molecular flexibility index (Phi) is 3.70. The predicted octanol–water partition coefficient (Wildman–Crippen LogP) is 3.72. The van der Waals surface area contributed by atoms with E-state index in [0.29, 0.717) is 17.5 Å². The third-order valence-corrected chi connectivity index (χ3v) is 3.10. The van der Waals surface area contributed by atoms with Crippen LogP contribution in [0.3, 0.4) is 0 Å². The summed E-state index contributed by atoms with van der Waals surface area (Å²) in [5.74, 6) is -0.123. The first-order valence-corrected chi connectivity index (χ1v) is 6.40. The van der Waals surface area contributed by atoms with Gasteiger partial charge in [0.25, 0.3) is 5.69 Å². The summed E-state index contributed by atoms with van der Waals surface area (Å²) in [4.78, 5) is 22.7. The lowest BCUT2D eigenvalue weighted by Gasteiger charge is -1.99. The van der Waals surface area contributed by atoms with Gasteiger partial charge in [0.2, 0.25) is 0 Å². The molecule has 0 spiro atoms. The van der Waals surface area contributed by atoms with E-state index in [0.717, 1.165) is 11.1 Å². The van der Waals surface area contributed by atoms with Crippen LogP contribution in [0, 0.1) is 10.1 Å². The molecule has 104 valence electrons. The zero-order valence-electron chi connectivity index (χ0n) is 11.7. The Hall–Kier alpha value is -2.43. The number of benzene rings is 1. The summed E-state index contributed by atoms with van der Waals surface area (Å²) in [5, 5.41) is 11.5. The summed E-state index contributed by atoms with van der Waals surface area (Å²) >= 11 is 0. The third kappa shape index (κ3) is 2.47. The number of aryl methyl sites for hydroxylation is 1. The molecule has 0 aliphatic carbocycles. The van der Waals surface area contributed by atoms with E-state index in [1.54, 1.807) is 18.3 Å². The van der Waals surface area contributed by atoms with Crippen LogP contribution in [0.2, 0.25) is 0 Å². The molecule has 0 bridgehead atoms. The van der Waals surface area contributed by atoms with Gasteiger partial charge in [0.15, 0.2) is 5.78 Å². The lowest BCUT2D eigenvalue weighted by molar-refractivity contribution is -0.384. The van der Waals surface area contributed by atoms with E-state index >= 15 is 0 Å². The highest BCUT2D eigenvalue weighted by molar-refractivity contribution is 6.14. The van der Waals surface area contributed by atoms with Crippen molar-refractivity contribution in [3.63, 3.8) is 0 Å². The lowest BCUT2D eigenvalue weighted by Crippen LogP contribution is -1.94. The fourth-order valence-electron chi connectivity index (χ4n) is 2.20. The van der Waals surface area contributed by atoms with Crippen molar-refractivity contribution in [2.45, 2.75) is 27.3 Å². The monoisotopic (exact) mass is 272 g/mol. The molecule has 0 aliphatic rings. The summed E-state index contributed by atoms with van der Waals surface area (Å²) in [7, 11) is 0. The minimum Gasteiger partial charge on any atom is -0.347 e. The van der Waals surface area contributed by atoms with Gasteiger partial charge in [-0.1, -0.05) is 5.57 Å². The molecule has 0 saturated heterocycles. The van der Waals surface area contributed by atoms with Gasteiger partial charge >= 0.3 is 0 Å². The highest BCUT2D eigenvalue weighted by atomic mass is 16.6. The maximum absolute atomic E-state index is 12.2. The summed E-state index contributed by atoms with van der Waals surface area (Å²) in [6, 6.07) is 4.62. The van der Waals surface area contributed by atoms with Gasteiger partial charge in [-0.2, -0.15) is 0 Å². The van der Waals surface area contributed by atoms with Crippen LogP contribution < -0.4 is 0 Å².